The molecule has 0 aliphatic heterocycles. The lowest BCUT2D eigenvalue weighted by atomic mass is 9.64. The molecule has 0 heterocycles. The first-order valence-electron chi connectivity index (χ1n) is 6.90. The fourth-order valence-corrected chi connectivity index (χ4v) is 3.08. The number of hydrogen-bond acceptors (Lipinski definition) is 2. The van der Waals surface area contributed by atoms with Gasteiger partial charge in [0.05, 0.1) is 15.1 Å². The van der Waals surface area contributed by atoms with Gasteiger partial charge in [-0.05, 0) is 19.0 Å². The van der Waals surface area contributed by atoms with Crippen molar-refractivity contribution >= 4 is 34.8 Å². The summed E-state index contributed by atoms with van der Waals surface area (Å²) in [4.78, 5) is 0. The normalized spacial score (nSPS) is 24.3. The van der Waals surface area contributed by atoms with Gasteiger partial charge in [-0.3, -0.25) is 0 Å². The van der Waals surface area contributed by atoms with E-state index in [9.17, 15) is 0 Å². The summed E-state index contributed by atoms with van der Waals surface area (Å²) in [5.41, 5.74) is 0.0740. The summed E-state index contributed by atoms with van der Waals surface area (Å²) in [6.45, 7) is 7.62. The molecule has 0 spiro atoms. The van der Waals surface area contributed by atoms with Gasteiger partial charge in [0, 0.05) is 23.9 Å². The largest absolute Gasteiger partial charge is 0.488 e. The highest BCUT2D eigenvalue weighted by Crippen LogP contribution is 2.45. The van der Waals surface area contributed by atoms with Crippen molar-refractivity contribution in [1.82, 2.24) is 5.32 Å². The zero-order chi connectivity index (χ0) is 14.9. The first-order valence-corrected chi connectivity index (χ1v) is 8.04. The zero-order valence-electron chi connectivity index (χ0n) is 12.0. The van der Waals surface area contributed by atoms with Gasteiger partial charge in [-0.2, -0.15) is 0 Å². The lowest BCUT2D eigenvalue weighted by molar-refractivity contribution is -0.0545. The van der Waals surface area contributed by atoms with Gasteiger partial charge in [0.15, 0.2) is 0 Å². The second-order valence-electron chi connectivity index (χ2n) is 5.87. The van der Waals surface area contributed by atoms with E-state index in [4.69, 9.17) is 39.5 Å². The van der Waals surface area contributed by atoms with Crippen LogP contribution >= 0.6 is 34.8 Å². The molecule has 1 aliphatic carbocycles. The fourth-order valence-electron chi connectivity index (χ4n) is 2.50. The van der Waals surface area contributed by atoms with Crippen molar-refractivity contribution in [2.75, 3.05) is 6.54 Å². The first-order chi connectivity index (χ1) is 9.36. The quantitative estimate of drug-likeness (QED) is 0.747. The highest BCUT2D eigenvalue weighted by Gasteiger charge is 2.49. The number of halogens is 3. The average Bonchev–Trinajstić information content (AvgIpc) is 2.38. The molecule has 0 bridgehead atoms. The third kappa shape index (κ3) is 3.19. The Labute approximate surface area is 135 Å². The summed E-state index contributed by atoms with van der Waals surface area (Å²) in [7, 11) is 0. The van der Waals surface area contributed by atoms with Crippen LogP contribution in [-0.2, 0) is 0 Å². The molecular formula is C15H20Cl3NO. The SMILES string of the molecule is CCCNC1CC(Oc2cc(Cl)c(Cl)cc2Cl)C1(C)C. The number of hydrogen-bond donors (Lipinski definition) is 1. The van der Waals surface area contributed by atoms with E-state index in [1.807, 2.05) is 0 Å². The van der Waals surface area contributed by atoms with Gasteiger partial charge in [0.1, 0.15) is 11.9 Å². The Bertz CT molecular complexity index is 490. The van der Waals surface area contributed by atoms with E-state index in [-0.39, 0.29) is 11.5 Å². The second kappa shape index (κ2) is 6.31. The molecule has 1 aromatic rings. The zero-order valence-corrected chi connectivity index (χ0v) is 14.2. The molecule has 2 atom stereocenters. The highest BCUT2D eigenvalue weighted by atomic mass is 35.5. The van der Waals surface area contributed by atoms with Crippen LogP contribution in [-0.4, -0.2) is 18.7 Å². The Morgan fingerprint density at radius 1 is 1.20 bits per heavy atom. The molecular weight excluding hydrogens is 317 g/mol. The smallest absolute Gasteiger partial charge is 0.139 e. The number of rotatable bonds is 5. The number of ether oxygens (including phenoxy) is 1. The first kappa shape index (κ1) is 16.2. The van der Waals surface area contributed by atoms with E-state index in [1.54, 1.807) is 12.1 Å². The molecule has 5 heteroatoms. The van der Waals surface area contributed by atoms with Crippen LogP contribution in [0.15, 0.2) is 12.1 Å². The van der Waals surface area contributed by atoms with E-state index in [0.29, 0.717) is 26.9 Å². The Morgan fingerprint density at radius 3 is 2.45 bits per heavy atom. The van der Waals surface area contributed by atoms with Crippen molar-refractivity contribution < 1.29 is 4.74 Å². The van der Waals surface area contributed by atoms with E-state index < -0.39 is 0 Å². The predicted octanol–water partition coefficient (Wildman–Crippen LogP) is 5.19. The van der Waals surface area contributed by atoms with Gasteiger partial charge in [-0.25, -0.2) is 0 Å². The van der Waals surface area contributed by atoms with Gasteiger partial charge < -0.3 is 10.1 Å². The van der Waals surface area contributed by atoms with Crippen LogP contribution in [0.1, 0.15) is 33.6 Å². The summed E-state index contributed by atoms with van der Waals surface area (Å²) < 4.78 is 6.03. The van der Waals surface area contributed by atoms with Gasteiger partial charge in [0.25, 0.3) is 0 Å². The Hall–Kier alpha value is -0.150. The minimum Gasteiger partial charge on any atom is -0.488 e. The predicted molar refractivity (Wildman–Crippen MR) is 86.4 cm³/mol. The molecule has 2 rings (SSSR count). The summed E-state index contributed by atoms with van der Waals surface area (Å²) in [6, 6.07) is 3.79. The van der Waals surface area contributed by atoms with Crippen molar-refractivity contribution in [3.63, 3.8) is 0 Å². The monoisotopic (exact) mass is 335 g/mol. The third-order valence-corrected chi connectivity index (χ3v) is 5.08. The second-order valence-corrected chi connectivity index (χ2v) is 7.09. The van der Waals surface area contributed by atoms with Crippen LogP contribution < -0.4 is 10.1 Å². The van der Waals surface area contributed by atoms with Crippen molar-refractivity contribution in [3.05, 3.63) is 27.2 Å². The minimum absolute atomic E-state index is 0.0740. The molecule has 1 saturated carbocycles. The molecule has 1 fully saturated rings. The topological polar surface area (TPSA) is 21.3 Å². The Balaban J connectivity index is 2.04. The molecule has 0 amide bonds. The maximum absolute atomic E-state index is 6.16. The number of nitrogens with one attached hydrogen (secondary N) is 1. The maximum atomic E-state index is 6.16. The van der Waals surface area contributed by atoms with E-state index >= 15 is 0 Å². The number of benzene rings is 1. The van der Waals surface area contributed by atoms with Crippen LogP contribution in [0.2, 0.25) is 15.1 Å². The van der Waals surface area contributed by atoms with Crippen LogP contribution in [0.5, 0.6) is 5.75 Å². The molecule has 0 saturated heterocycles. The van der Waals surface area contributed by atoms with E-state index in [2.05, 4.69) is 26.1 Å². The summed E-state index contributed by atoms with van der Waals surface area (Å²) in [5, 5.41) is 4.96. The standard InChI is InChI=1S/C15H20Cl3NO/c1-4-5-19-13-8-14(15(13,2)3)20-12-7-10(17)9(16)6-11(12)18/h6-7,13-14,19H,4-5,8H2,1-3H3. The molecule has 20 heavy (non-hydrogen) atoms. The van der Waals surface area contributed by atoms with Crippen molar-refractivity contribution in [2.45, 2.75) is 45.8 Å². The molecule has 1 N–H and O–H groups in total. The summed E-state index contributed by atoms with van der Waals surface area (Å²) in [6.07, 6.45) is 2.24. The van der Waals surface area contributed by atoms with Crippen LogP contribution in [0, 0.1) is 5.41 Å². The van der Waals surface area contributed by atoms with Crippen molar-refractivity contribution in [1.29, 1.82) is 0 Å². The lowest BCUT2D eigenvalue weighted by Crippen LogP contribution is -2.62. The molecule has 2 unspecified atom stereocenters. The Kier molecular flexibility index (Phi) is 5.12. The average molecular weight is 337 g/mol. The summed E-state index contributed by atoms with van der Waals surface area (Å²) >= 11 is 18.1. The molecule has 0 aromatic heterocycles. The molecule has 1 aliphatic rings. The Morgan fingerprint density at radius 2 is 1.85 bits per heavy atom. The highest BCUT2D eigenvalue weighted by molar-refractivity contribution is 6.43. The van der Waals surface area contributed by atoms with Gasteiger partial charge in [0.2, 0.25) is 0 Å². The van der Waals surface area contributed by atoms with Crippen LogP contribution in [0.25, 0.3) is 0 Å². The van der Waals surface area contributed by atoms with Gasteiger partial charge in [-0.1, -0.05) is 55.6 Å². The molecule has 2 nitrogen and oxygen atoms in total. The lowest BCUT2D eigenvalue weighted by Gasteiger charge is -2.51. The van der Waals surface area contributed by atoms with E-state index in [0.717, 1.165) is 19.4 Å². The molecule has 0 radical (unpaired) electrons. The van der Waals surface area contributed by atoms with Crippen LogP contribution in [0.4, 0.5) is 0 Å². The summed E-state index contributed by atoms with van der Waals surface area (Å²) in [5.74, 6) is 0.605. The van der Waals surface area contributed by atoms with Gasteiger partial charge >= 0.3 is 0 Å². The van der Waals surface area contributed by atoms with Crippen molar-refractivity contribution in [3.8, 4) is 5.75 Å². The molecule has 1 aromatic carbocycles. The third-order valence-electron chi connectivity index (χ3n) is 4.06. The fraction of sp³-hybridized carbons (Fsp3) is 0.600. The molecule has 112 valence electrons. The van der Waals surface area contributed by atoms with Crippen LogP contribution in [0.3, 0.4) is 0 Å². The van der Waals surface area contributed by atoms with Crippen molar-refractivity contribution in [2.24, 2.45) is 5.41 Å². The minimum atomic E-state index is 0.0740. The van der Waals surface area contributed by atoms with Gasteiger partial charge in [-0.15, -0.1) is 0 Å². The maximum Gasteiger partial charge on any atom is 0.139 e. The van der Waals surface area contributed by atoms with E-state index in [1.165, 1.54) is 0 Å².